The van der Waals surface area contributed by atoms with Crippen LogP contribution in [0.5, 0.6) is 0 Å². The van der Waals surface area contributed by atoms with Gasteiger partial charge in [0.25, 0.3) is 0 Å². The van der Waals surface area contributed by atoms with Crippen LogP contribution in [0.15, 0.2) is 30.5 Å². The second kappa shape index (κ2) is 4.48. The zero-order valence-electron chi connectivity index (χ0n) is 10.6. The van der Waals surface area contributed by atoms with Crippen molar-refractivity contribution in [1.29, 1.82) is 0 Å². The van der Waals surface area contributed by atoms with Crippen LogP contribution in [-0.2, 0) is 11.3 Å². The molecule has 1 N–H and O–H groups in total. The number of nitrogens with zero attached hydrogens (tertiary/aromatic N) is 1. The maximum atomic E-state index is 11.7. The van der Waals surface area contributed by atoms with Gasteiger partial charge in [0.15, 0.2) is 0 Å². The lowest BCUT2D eigenvalue weighted by Gasteiger charge is -2.06. The summed E-state index contributed by atoms with van der Waals surface area (Å²) in [5.41, 5.74) is 2.47. The molecule has 3 heteroatoms. The van der Waals surface area contributed by atoms with Gasteiger partial charge in [0, 0.05) is 30.7 Å². The molecule has 2 aromatic rings. The molecule has 1 fully saturated rings. The number of carbonyl (C=O) groups excluding carboxylic acids is 1. The average Bonchev–Trinajstić information content (AvgIpc) is 3.06. The van der Waals surface area contributed by atoms with E-state index in [0.29, 0.717) is 12.5 Å². The summed E-state index contributed by atoms with van der Waals surface area (Å²) < 4.78 is 2.16. The number of fused-ring (bicyclic) bond motifs is 1. The molecule has 1 heterocycles. The topological polar surface area (TPSA) is 34.0 Å². The zero-order chi connectivity index (χ0) is 12.5. The van der Waals surface area contributed by atoms with Crippen LogP contribution in [0.2, 0.25) is 0 Å². The van der Waals surface area contributed by atoms with Crippen molar-refractivity contribution >= 4 is 16.8 Å². The molecular weight excluding hydrogens is 224 g/mol. The van der Waals surface area contributed by atoms with E-state index in [2.05, 4.69) is 47.3 Å². The van der Waals surface area contributed by atoms with E-state index in [1.807, 2.05) is 0 Å². The van der Waals surface area contributed by atoms with Crippen LogP contribution in [0.4, 0.5) is 0 Å². The Morgan fingerprint density at radius 1 is 1.39 bits per heavy atom. The van der Waals surface area contributed by atoms with Crippen LogP contribution in [0.3, 0.4) is 0 Å². The molecule has 3 nitrogen and oxygen atoms in total. The van der Waals surface area contributed by atoms with Crippen LogP contribution < -0.4 is 5.32 Å². The molecule has 0 spiro atoms. The van der Waals surface area contributed by atoms with E-state index in [9.17, 15) is 4.79 Å². The fraction of sp³-hybridized carbons (Fsp3) is 0.400. The number of carbonyl (C=O) groups is 1. The van der Waals surface area contributed by atoms with Crippen molar-refractivity contribution in [3.63, 3.8) is 0 Å². The predicted molar refractivity (Wildman–Crippen MR) is 72.5 cm³/mol. The summed E-state index contributed by atoms with van der Waals surface area (Å²) in [6.07, 6.45) is 4.93. The Hall–Kier alpha value is -1.77. The van der Waals surface area contributed by atoms with Crippen molar-refractivity contribution in [2.45, 2.75) is 38.8 Å². The molecule has 0 saturated heterocycles. The number of rotatable bonds is 4. The molecule has 1 aromatic heterocycles. The van der Waals surface area contributed by atoms with Crippen molar-refractivity contribution in [2.24, 2.45) is 0 Å². The molecule has 0 radical (unpaired) electrons. The van der Waals surface area contributed by atoms with Gasteiger partial charge in [0.05, 0.1) is 0 Å². The maximum absolute atomic E-state index is 11.7. The highest BCUT2D eigenvalue weighted by molar-refractivity contribution is 5.81. The average molecular weight is 242 g/mol. The Balaban J connectivity index is 1.69. The van der Waals surface area contributed by atoms with E-state index in [4.69, 9.17) is 0 Å². The number of hydrogen-bond acceptors (Lipinski definition) is 1. The van der Waals surface area contributed by atoms with Crippen molar-refractivity contribution < 1.29 is 4.79 Å². The van der Waals surface area contributed by atoms with Crippen LogP contribution in [0.25, 0.3) is 10.9 Å². The Kier molecular flexibility index (Phi) is 2.82. The molecule has 94 valence electrons. The zero-order valence-corrected chi connectivity index (χ0v) is 10.6. The minimum Gasteiger partial charge on any atom is -0.353 e. The number of nitrogens with one attached hydrogen (secondary N) is 1. The van der Waals surface area contributed by atoms with Crippen molar-refractivity contribution in [1.82, 2.24) is 9.88 Å². The quantitative estimate of drug-likeness (QED) is 0.878. The third-order valence-corrected chi connectivity index (χ3v) is 3.45. The lowest BCUT2D eigenvalue weighted by Crippen LogP contribution is -2.26. The van der Waals surface area contributed by atoms with Gasteiger partial charge in [-0.15, -0.1) is 0 Å². The fourth-order valence-corrected chi connectivity index (χ4v) is 2.24. The van der Waals surface area contributed by atoms with Crippen molar-refractivity contribution in [2.75, 3.05) is 0 Å². The SMILES string of the molecule is Cc1ccc2ccn(CCC(=O)NC3CC3)c2c1. The normalized spacial score (nSPS) is 14.9. The van der Waals surface area contributed by atoms with Gasteiger partial charge in [-0.2, -0.15) is 0 Å². The van der Waals surface area contributed by atoms with Gasteiger partial charge in [-0.25, -0.2) is 0 Å². The van der Waals surface area contributed by atoms with Gasteiger partial charge >= 0.3 is 0 Å². The number of aromatic nitrogens is 1. The highest BCUT2D eigenvalue weighted by Gasteiger charge is 2.22. The molecule has 0 atom stereocenters. The van der Waals surface area contributed by atoms with E-state index in [0.717, 1.165) is 19.4 Å². The van der Waals surface area contributed by atoms with Crippen LogP contribution in [-0.4, -0.2) is 16.5 Å². The summed E-state index contributed by atoms with van der Waals surface area (Å²) in [6, 6.07) is 8.99. The Morgan fingerprint density at radius 3 is 3.00 bits per heavy atom. The fourth-order valence-electron chi connectivity index (χ4n) is 2.24. The van der Waals surface area contributed by atoms with Crippen molar-refractivity contribution in [3.05, 3.63) is 36.0 Å². The first kappa shape index (κ1) is 11.3. The summed E-state index contributed by atoms with van der Waals surface area (Å²) in [7, 11) is 0. The molecular formula is C15H18N2O. The first-order chi connectivity index (χ1) is 8.72. The third-order valence-electron chi connectivity index (χ3n) is 3.45. The smallest absolute Gasteiger partial charge is 0.222 e. The monoisotopic (exact) mass is 242 g/mol. The van der Waals surface area contributed by atoms with Gasteiger partial charge < -0.3 is 9.88 Å². The van der Waals surface area contributed by atoms with Crippen molar-refractivity contribution in [3.8, 4) is 0 Å². The number of aryl methyl sites for hydroxylation is 2. The summed E-state index contributed by atoms with van der Waals surface area (Å²) in [5, 5.41) is 4.26. The summed E-state index contributed by atoms with van der Waals surface area (Å²) in [5.74, 6) is 0.173. The largest absolute Gasteiger partial charge is 0.353 e. The molecule has 0 bridgehead atoms. The van der Waals surface area contributed by atoms with Gasteiger partial charge in [-0.3, -0.25) is 4.79 Å². The van der Waals surface area contributed by atoms with E-state index in [-0.39, 0.29) is 5.91 Å². The van der Waals surface area contributed by atoms with Crippen LogP contribution in [0.1, 0.15) is 24.8 Å². The summed E-state index contributed by atoms with van der Waals surface area (Å²) >= 11 is 0. The second-order valence-corrected chi connectivity index (χ2v) is 5.16. The molecule has 1 saturated carbocycles. The maximum Gasteiger partial charge on any atom is 0.222 e. The van der Waals surface area contributed by atoms with E-state index in [1.165, 1.54) is 16.5 Å². The predicted octanol–water partition coefficient (Wildman–Crippen LogP) is 2.62. The minimum absolute atomic E-state index is 0.173. The highest BCUT2D eigenvalue weighted by Crippen LogP contribution is 2.19. The molecule has 1 aromatic carbocycles. The standard InChI is InChI=1S/C15H18N2O/c1-11-2-3-12-6-8-17(14(12)10-11)9-7-15(18)16-13-4-5-13/h2-3,6,8,10,13H,4-5,7,9H2,1H3,(H,16,18). The van der Waals surface area contributed by atoms with E-state index in [1.54, 1.807) is 0 Å². The number of amides is 1. The van der Waals surface area contributed by atoms with Gasteiger partial charge in [-0.05, 0) is 42.8 Å². The first-order valence-electron chi connectivity index (χ1n) is 6.57. The molecule has 3 rings (SSSR count). The minimum atomic E-state index is 0.173. The Labute approximate surface area is 107 Å². The molecule has 1 aliphatic carbocycles. The number of hydrogen-bond donors (Lipinski definition) is 1. The molecule has 1 amide bonds. The Bertz CT molecular complexity index is 581. The third kappa shape index (κ3) is 2.40. The van der Waals surface area contributed by atoms with Gasteiger partial charge in [0.1, 0.15) is 0 Å². The van der Waals surface area contributed by atoms with Crippen LogP contribution in [0, 0.1) is 6.92 Å². The molecule has 0 aliphatic heterocycles. The molecule has 18 heavy (non-hydrogen) atoms. The molecule has 1 aliphatic rings. The summed E-state index contributed by atoms with van der Waals surface area (Å²) in [4.78, 5) is 11.7. The van der Waals surface area contributed by atoms with Gasteiger partial charge in [-0.1, -0.05) is 12.1 Å². The van der Waals surface area contributed by atoms with E-state index >= 15 is 0 Å². The van der Waals surface area contributed by atoms with Crippen LogP contribution >= 0.6 is 0 Å². The lowest BCUT2D eigenvalue weighted by molar-refractivity contribution is -0.121. The first-order valence-corrected chi connectivity index (χ1v) is 6.57. The van der Waals surface area contributed by atoms with Gasteiger partial charge in [0.2, 0.25) is 5.91 Å². The van der Waals surface area contributed by atoms with E-state index < -0.39 is 0 Å². The highest BCUT2D eigenvalue weighted by atomic mass is 16.1. The molecule has 0 unspecified atom stereocenters. The summed E-state index contributed by atoms with van der Waals surface area (Å²) in [6.45, 7) is 2.85. The number of benzene rings is 1. The Morgan fingerprint density at radius 2 is 2.22 bits per heavy atom. The lowest BCUT2D eigenvalue weighted by atomic mass is 10.2. The second-order valence-electron chi connectivity index (χ2n) is 5.16.